The molecule has 0 bridgehead atoms. The Kier molecular flexibility index (Phi) is 41.3. The van der Waals surface area contributed by atoms with E-state index in [1.54, 1.807) is 26.0 Å². The molecular formula is C120H134Br7Cl2N9O11. The Morgan fingerprint density at radius 2 is 0.698 bits per heavy atom. The Labute approximate surface area is 943 Å². The van der Waals surface area contributed by atoms with E-state index in [4.69, 9.17) is 56.7 Å². The third-order valence-corrected chi connectivity index (χ3v) is 33.7. The fourth-order valence-electron chi connectivity index (χ4n) is 21.5. The Hall–Kier alpha value is -8.46. The molecule has 9 aliphatic rings. The van der Waals surface area contributed by atoms with E-state index in [0.29, 0.717) is 72.4 Å². The topological polar surface area (TPSA) is 258 Å². The summed E-state index contributed by atoms with van der Waals surface area (Å²) >= 11 is 35.4. The number of nitrogens with zero attached hydrogens (tertiary/aromatic N) is 3. The number of nitrogens with one attached hydrogen (secondary N) is 6. The van der Waals surface area contributed by atoms with Gasteiger partial charge in [0.2, 0.25) is 11.8 Å². The Bertz CT molecular complexity index is 6880. The molecule has 2 amide bonds. The van der Waals surface area contributed by atoms with Crippen LogP contribution in [0, 0.1) is 0 Å². The van der Waals surface area contributed by atoms with Gasteiger partial charge in [-0.3, -0.25) is 14.5 Å². The van der Waals surface area contributed by atoms with Crippen LogP contribution in [-0.2, 0) is 51.2 Å². The van der Waals surface area contributed by atoms with Crippen LogP contribution in [0.2, 0.25) is 0 Å². The summed E-state index contributed by atoms with van der Waals surface area (Å²) in [5.41, 5.74) is 26.9. The summed E-state index contributed by atoms with van der Waals surface area (Å²) in [5.74, 6) is 7.67. The summed E-state index contributed by atoms with van der Waals surface area (Å²) in [7, 11) is 0. The molecule has 149 heavy (non-hydrogen) atoms. The number of phenolic OH excluding ortho intramolecular Hbond substituents is 1. The smallest absolute Gasteiger partial charge is 0.219 e. The summed E-state index contributed by atoms with van der Waals surface area (Å²) in [6.07, 6.45) is 20.6. The number of carbonyl (C=O) groups is 2. The lowest BCUT2D eigenvalue weighted by Gasteiger charge is -2.34. The number of aryl methyl sites for hydroxylation is 5. The third-order valence-electron chi connectivity index (χ3n) is 29.4. The lowest BCUT2D eigenvalue weighted by atomic mass is 9.82. The number of alkyl halides is 4. The van der Waals surface area contributed by atoms with Gasteiger partial charge in [0.25, 0.3) is 0 Å². The standard InChI is InChI=1S/C27H32BrN3O2.C21H21BrClNO.C21H22BrNO3.C21H20BrNO2.C18H16BrNO.C6H12N2O.C3H6BrCl.C3H5BrO/c1-19(32)31-15-13-30(14-16-31)12-3-17-33-22-9-6-20(7-10-22)23-4-2-5-24-25-18-21(28)8-11-26(25)29-27(23)24;22-15-7-10-20-19(13-15)18-4-1-3-17(21(18)24-20)14-5-8-16(9-6-14)25-12-2-11-23;22-14-6-9-20-19(10-14)18-3-1-2-17(21(18)23-20)13-4-7-16(8-5-13)26-12-15(25)11-24;22-14-6-9-20-19(10-14)18-3-1-2-17(21(18)23-20)13-4-7-15(8-5-13)24-11-16-12-25-16;19-12-6-9-17-16(10-12)15-3-1-2-14(18(15)20-17)11-4-7-13(21)8-5-11;1-6(9)8-4-2-7-3-5-8;4-2-1-3-5;4-1-3-2-5-3/h6-11,18,23,29H,2-5,12-17H2,1H3;5-10,13,17,24H,1-4,11-12H2;4-10,15,17,23-25H,1-3,11-12H2;4-10,16-17,23H,1-3,11-12H2;4-10,14,20-21H,1-3H2;7H,2-5H2,1H3;1-3H2;3H,1-2H2. The molecule has 4 aliphatic heterocycles. The quantitative estimate of drug-likeness (QED) is 0.0155. The molecule has 8 atom stereocenters. The number of halogens is 9. The molecule has 15 aromatic rings. The largest absolute Gasteiger partial charge is 0.508 e. The molecule has 5 aliphatic carbocycles. The minimum Gasteiger partial charge on any atom is -0.508 e. The highest BCUT2D eigenvalue weighted by atomic mass is 79.9. The van der Waals surface area contributed by atoms with E-state index >= 15 is 0 Å². The molecule has 10 aromatic carbocycles. The van der Waals surface area contributed by atoms with Crippen molar-refractivity contribution in [1.29, 1.82) is 0 Å². The summed E-state index contributed by atoms with van der Waals surface area (Å²) < 4.78 is 38.7. The molecule has 5 aromatic heterocycles. The second-order valence-corrected chi connectivity index (χ2v) is 46.4. The fraction of sp³-hybridized carbons (Fsp3) is 0.400. The number of aromatic amines is 5. The van der Waals surface area contributed by atoms with Gasteiger partial charge in [-0.15, -0.1) is 23.2 Å². The number of fused-ring (bicyclic) bond motifs is 15. The summed E-state index contributed by atoms with van der Waals surface area (Å²) in [6, 6.07) is 74.0. The normalized spacial score (nSPS) is 19.0. The van der Waals surface area contributed by atoms with Gasteiger partial charge in [-0.2, -0.15) is 0 Å². The molecular weight excluding hydrogens is 2370 g/mol. The zero-order valence-corrected chi connectivity index (χ0v) is 97.2. The molecule has 9 N–H and O–H groups in total. The predicted molar refractivity (Wildman–Crippen MR) is 629 cm³/mol. The Morgan fingerprint density at radius 1 is 0.396 bits per heavy atom. The number of ether oxygens (including phenoxy) is 6. The van der Waals surface area contributed by atoms with Crippen LogP contribution in [0.15, 0.2) is 235 Å². The number of amides is 2. The Morgan fingerprint density at radius 3 is 0.973 bits per heavy atom. The number of phenols is 1. The lowest BCUT2D eigenvalue weighted by molar-refractivity contribution is -0.130. The van der Waals surface area contributed by atoms with Crippen LogP contribution in [-0.4, -0.2) is 213 Å². The van der Waals surface area contributed by atoms with Gasteiger partial charge in [-0.05, 0) is 323 Å². The number of hydrogen-bond donors (Lipinski definition) is 9. The number of carbonyl (C=O) groups excluding carboxylic acids is 2. The summed E-state index contributed by atoms with van der Waals surface area (Å²) in [6.45, 7) is 15.2. The van der Waals surface area contributed by atoms with Crippen molar-refractivity contribution in [2.75, 3.05) is 128 Å². The first kappa shape index (κ1) is 112. The first-order valence-corrected chi connectivity index (χ1v) is 59.8. The third kappa shape index (κ3) is 30.0. The number of aromatic nitrogens is 5. The van der Waals surface area contributed by atoms with Crippen LogP contribution >= 0.6 is 135 Å². The number of epoxide rings is 2. The minimum atomic E-state index is -0.846. The Balaban J connectivity index is 0.000000122. The van der Waals surface area contributed by atoms with Crippen LogP contribution in [0.1, 0.15) is 211 Å². The molecule has 9 heterocycles. The maximum atomic E-state index is 11.4. The maximum Gasteiger partial charge on any atom is 0.219 e. The maximum absolute atomic E-state index is 11.4. The van der Waals surface area contributed by atoms with E-state index in [9.17, 15) is 19.8 Å². The highest BCUT2D eigenvalue weighted by molar-refractivity contribution is 9.11. The van der Waals surface area contributed by atoms with Gasteiger partial charge >= 0.3 is 0 Å². The van der Waals surface area contributed by atoms with Crippen LogP contribution in [0.4, 0.5) is 0 Å². The predicted octanol–water partition coefficient (Wildman–Crippen LogP) is 28.4. The van der Waals surface area contributed by atoms with Gasteiger partial charge in [0, 0.05) is 230 Å². The van der Waals surface area contributed by atoms with Gasteiger partial charge in [0.05, 0.1) is 39.1 Å². The number of aliphatic hydroxyl groups excluding tert-OH is 2. The van der Waals surface area contributed by atoms with Crippen molar-refractivity contribution in [3.8, 4) is 28.7 Å². The van der Waals surface area contributed by atoms with Crippen molar-refractivity contribution in [3.63, 3.8) is 0 Å². The van der Waals surface area contributed by atoms with Crippen molar-refractivity contribution in [2.45, 2.75) is 177 Å². The molecule has 8 unspecified atom stereocenters. The molecule has 0 saturated carbocycles. The summed E-state index contributed by atoms with van der Waals surface area (Å²) in [4.78, 5) is 46.7. The van der Waals surface area contributed by atoms with E-state index in [0.717, 1.165) is 199 Å². The van der Waals surface area contributed by atoms with Crippen LogP contribution in [0.25, 0.3) is 54.5 Å². The average Bonchev–Trinajstić information content (AvgIpc) is 1.65. The number of H-pyrrole nitrogens is 5. The van der Waals surface area contributed by atoms with Gasteiger partial charge in [-0.1, -0.05) is 172 Å². The highest BCUT2D eigenvalue weighted by Crippen LogP contribution is 2.48. The van der Waals surface area contributed by atoms with Crippen molar-refractivity contribution < 1.29 is 53.3 Å². The first-order chi connectivity index (χ1) is 72.6. The van der Waals surface area contributed by atoms with E-state index in [1.807, 2.05) is 34.1 Å². The van der Waals surface area contributed by atoms with Crippen LogP contribution in [0.5, 0.6) is 28.7 Å². The highest BCUT2D eigenvalue weighted by Gasteiger charge is 2.34. The van der Waals surface area contributed by atoms with Crippen molar-refractivity contribution in [1.82, 2.24) is 44.9 Å². The van der Waals surface area contributed by atoms with Crippen molar-refractivity contribution in [3.05, 3.63) is 319 Å². The van der Waals surface area contributed by atoms with Crippen molar-refractivity contribution in [2.24, 2.45) is 0 Å². The van der Waals surface area contributed by atoms with E-state index in [-0.39, 0.29) is 25.0 Å². The minimum absolute atomic E-state index is 0.0975. The SMILES string of the molecule is BrCC1CO1.Brc1ccc2[nH]c3c(c2c1)CCCC3c1ccc(OCC2CO2)cc1.CC(=O)N1CCN(CCCOc2ccc(C3CCCc4c3[nH]c3ccc(Br)cc43)cc2)CC1.CC(=O)N1CCNCC1.ClCCCBr.ClCCCOc1ccc(C2CCCc3c2[nH]c2ccc(Br)cc32)cc1.OCC(O)COc1ccc(C2CCCc3c2[nH]c2ccc(Br)cc32)cc1.Oc1ccc(C2CCCc3c2[nH]c2ccc(Br)cc32)cc1. The average molecular weight is 2510 g/mol. The molecule has 4 saturated heterocycles. The number of hydrogen-bond acceptors (Lipinski definition) is 13. The van der Waals surface area contributed by atoms with E-state index in [2.05, 4.69) is 323 Å². The number of aliphatic hydroxyl groups is 2. The molecule has 0 spiro atoms. The fourth-order valence-corrected chi connectivity index (χ4v) is 24.6. The second kappa shape index (κ2) is 55.1. The molecule has 20 nitrogen and oxygen atoms in total. The zero-order chi connectivity index (χ0) is 104. The number of rotatable bonds is 24. The van der Waals surface area contributed by atoms with Crippen molar-refractivity contribution >= 4 is 201 Å². The summed E-state index contributed by atoms with van der Waals surface area (Å²) in [5, 5.41) is 39.7. The second-order valence-electron chi connectivity index (χ2n) is 39.6. The molecule has 0 radical (unpaired) electrons. The molecule has 24 rings (SSSR count). The molecule has 4 fully saturated rings. The van der Waals surface area contributed by atoms with Gasteiger partial charge in [0.1, 0.15) is 54.2 Å². The molecule has 788 valence electrons. The lowest BCUT2D eigenvalue weighted by Crippen LogP contribution is -2.48. The van der Waals surface area contributed by atoms with E-state index < -0.39 is 6.10 Å². The number of piperazine rings is 2. The van der Waals surface area contributed by atoms with Gasteiger partial charge in [0.15, 0.2) is 0 Å². The zero-order valence-electron chi connectivity index (χ0n) is 84.5. The number of benzene rings is 10. The van der Waals surface area contributed by atoms with E-state index in [1.165, 1.54) is 190 Å². The van der Waals surface area contributed by atoms with Crippen LogP contribution < -0.4 is 24.3 Å². The first-order valence-electron chi connectivity index (χ1n) is 52.6. The molecule has 29 heteroatoms. The van der Waals surface area contributed by atoms with Gasteiger partial charge < -0.3 is 83.8 Å². The number of aromatic hydroxyl groups is 1. The van der Waals surface area contributed by atoms with Crippen LogP contribution in [0.3, 0.4) is 0 Å². The monoisotopic (exact) mass is 2500 g/mol. The van der Waals surface area contributed by atoms with Gasteiger partial charge in [-0.25, -0.2) is 0 Å².